The highest BCUT2D eigenvalue weighted by Gasteiger charge is 2.23. The van der Waals surface area contributed by atoms with E-state index in [9.17, 15) is 9.59 Å². The normalized spacial score (nSPS) is 14.2. The number of carbonyl (C=O) groups is 1. The van der Waals surface area contributed by atoms with E-state index in [4.69, 9.17) is 15.2 Å². The largest absolute Gasteiger partial charge is 0.496 e. The van der Waals surface area contributed by atoms with E-state index in [1.807, 2.05) is 18.1 Å². The van der Waals surface area contributed by atoms with Crippen LogP contribution in [0.2, 0.25) is 0 Å². The van der Waals surface area contributed by atoms with Crippen LogP contribution < -0.4 is 15.2 Å². The molecular weight excluding hydrogens is 356 g/mol. The molecule has 0 saturated heterocycles. The van der Waals surface area contributed by atoms with Crippen LogP contribution in [0.1, 0.15) is 38.3 Å². The Labute approximate surface area is 165 Å². The first-order valence-corrected chi connectivity index (χ1v) is 9.05. The minimum atomic E-state index is -0.589. The second kappa shape index (κ2) is 9.11. The lowest BCUT2D eigenvalue weighted by atomic mass is 10.0. The number of ether oxygens (including phenoxy) is 2. The molecule has 148 valence electrons. The highest BCUT2D eigenvalue weighted by molar-refractivity contribution is 5.97. The van der Waals surface area contributed by atoms with Crippen LogP contribution in [-0.4, -0.2) is 31.0 Å². The fraction of sp³-hybridized carbons (Fsp3) is 0.318. The van der Waals surface area contributed by atoms with Crippen LogP contribution >= 0.6 is 0 Å². The Kier molecular flexibility index (Phi) is 6.85. The van der Waals surface area contributed by atoms with Gasteiger partial charge < -0.3 is 20.1 Å². The van der Waals surface area contributed by atoms with Crippen molar-refractivity contribution in [1.82, 2.24) is 4.90 Å². The first-order chi connectivity index (χ1) is 13.4. The molecule has 1 aliphatic heterocycles. The second-order valence-electron chi connectivity index (χ2n) is 6.48. The standard InChI is InChI=1S/C22H26N2O4/c1-6-7-18-20(27-4)9-8-17(21(18)28-5)12-19(22(23)26)24-14(2)10-16(13-25)11-15(24)3/h8-12H,6-7H2,1-5H3,(H2,23,26)/b19-12+. The van der Waals surface area contributed by atoms with E-state index in [0.29, 0.717) is 22.7 Å². The number of rotatable bonds is 7. The van der Waals surface area contributed by atoms with Gasteiger partial charge in [0, 0.05) is 22.5 Å². The quantitative estimate of drug-likeness (QED) is 0.578. The van der Waals surface area contributed by atoms with Crippen molar-refractivity contribution in [2.75, 3.05) is 14.2 Å². The lowest BCUT2D eigenvalue weighted by molar-refractivity contribution is -0.115. The van der Waals surface area contributed by atoms with Crippen LogP contribution in [0.5, 0.6) is 11.5 Å². The maximum atomic E-state index is 12.3. The molecule has 0 saturated carbocycles. The third-order valence-electron chi connectivity index (χ3n) is 4.51. The summed E-state index contributed by atoms with van der Waals surface area (Å²) in [6.45, 7) is 5.68. The number of hydrogen-bond donors (Lipinski definition) is 1. The maximum Gasteiger partial charge on any atom is 0.265 e. The number of hydrogen-bond acceptors (Lipinski definition) is 5. The number of methoxy groups -OCH3 is 2. The van der Waals surface area contributed by atoms with Crippen molar-refractivity contribution in [2.45, 2.75) is 33.6 Å². The molecule has 28 heavy (non-hydrogen) atoms. The fourth-order valence-electron chi connectivity index (χ4n) is 3.39. The monoisotopic (exact) mass is 382 g/mol. The van der Waals surface area contributed by atoms with Crippen molar-refractivity contribution >= 4 is 17.9 Å². The van der Waals surface area contributed by atoms with E-state index in [-0.39, 0.29) is 5.70 Å². The lowest BCUT2D eigenvalue weighted by Gasteiger charge is -2.30. The molecule has 0 aliphatic carbocycles. The van der Waals surface area contributed by atoms with Gasteiger partial charge in [-0.05, 0) is 50.6 Å². The summed E-state index contributed by atoms with van der Waals surface area (Å²) >= 11 is 0. The third-order valence-corrected chi connectivity index (χ3v) is 4.51. The molecule has 2 N–H and O–H groups in total. The van der Waals surface area contributed by atoms with E-state index in [0.717, 1.165) is 29.7 Å². The van der Waals surface area contributed by atoms with E-state index in [1.54, 1.807) is 51.2 Å². The van der Waals surface area contributed by atoms with Gasteiger partial charge in [0.1, 0.15) is 23.1 Å². The van der Waals surface area contributed by atoms with Crippen molar-refractivity contribution < 1.29 is 19.1 Å². The Morgan fingerprint density at radius 3 is 2.29 bits per heavy atom. The van der Waals surface area contributed by atoms with Gasteiger partial charge >= 0.3 is 0 Å². The van der Waals surface area contributed by atoms with E-state index in [2.05, 4.69) is 6.92 Å². The van der Waals surface area contributed by atoms with Crippen molar-refractivity contribution in [1.29, 1.82) is 0 Å². The number of amides is 1. The molecule has 0 bridgehead atoms. The molecule has 6 nitrogen and oxygen atoms in total. The third kappa shape index (κ3) is 4.18. The highest BCUT2D eigenvalue weighted by Crippen LogP contribution is 2.36. The number of allylic oxidation sites excluding steroid dienone is 5. The van der Waals surface area contributed by atoms with Gasteiger partial charge in [0.15, 0.2) is 0 Å². The average Bonchev–Trinajstić information content (AvgIpc) is 2.66. The van der Waals surface area contributed by atoms with Gasteiger partial charge in [-0.2, -0.15) is 0 Å². The van der Waals surface area contributed by atoms with Gasteiger partial charge in [-0.25, -0.2) is 4.79 Å². The summed E-state index contributed by atoms with van der Waals surface area (Å²) in [5.74, 6) is 2.67. The van der Waals surface area contributed by atoms with Gasteiger partial charge in [-0.1, -0.05) is 13.3 Å². The Morgan fingerprint density at radius 1 is 1.18 bits per heavy atom. The predicted octanol–water partition coefficient (Wildman–Crippen LogP) is 3.36. The van der Waals surface area contributed by atoms with Crippen LogP contribution in [0.15, 0.2) is 46.9 Å². The summed E-state index contributed by atoms with van der Waals surface area (Å²) in [7, 11) is 3.21. The molecule has 6 heteroatoms. The average molecular weight is 382 g/mol. The Morgan fingerprint density at radius 2 is 1.82 bits per heavy atom. The number of nitrogens with two attached hydrogens (primary N) is 1. The molecule has 2 rings (SSSR count). The van der Waals surface area contributed by atoms with Gasteiger partial charge in [0.2, 0.25) is 0 Å². The summed E-state index contributed by atoms with van der Waals surface area (Å²) in [6, 6.07) is 3.69. The van der Waals surface area contributed by atoms with Gasteiger partial charge in [-0.15, -0.1) is 0 Å². The Bertz CT molecular complexity index is 897. The van der Waals surface area contributed by atoms with Crippen LogP contribution in [-0.2, 0) is 16.0 Å². The van der Waals surface area contributed by atoms with Gasteiger partial charge in [0.05, 0.1) is 19.8 Å². The smallest absolute Gasteiger partial charge is 0.265 e. The van der Waals surface area contributed by atoms with Crippen LogP contribution in [0.4, 0.5) is 0 Å². The molecular formula is C22H26N2O4. The van der Waals surface area contributed by atoms with Crippen molar-refractivity contribution in [3.05, 3.63) is 58.1 Å². The molecule has 0 radical (unpaired) electrons. The van der Waals surface area contributed by atoms with Gasteiger partial charge in [0.25, 0.3) is 5.91 Å². The van der Waals surface area contributed by atoms with Crippen molar-refractivity contribution in [2.24, 2.45) is 5.73 Å². The van der Waals surface area contributed by atoms with E-state index < -0.39 is 5.91 Å². The lowest BCUT2D eigenvalue weighted by Crippen LogP contribution is -2.30. The van der Waals surface area contributed by atoms with Crippen LogP contribution in [0, 0.1) is 0 Å². The number of benzene rings is 1. The molecule has 1 amide bonds. The molecule has 1 aliphatic rings. The molecule has 0 atom stereocenters. The van der Waals surface area contributed by atoms with Crippen molar-refractivity contribution in [3.63, 3.8) is 0 Å². The zero-order valence-corrected chi connectivity index (χ0v) is 17.0. The molecule has 0 spiro atoms. The second-order valence-corrected chi connectivity index (χ2v) is 6.48. The van der Waals surface area contributed by atoms with E-state index in [1.165, 1.54) is 0 Å². The predicted molar refractivity (Wildman–Crippen MR) is 109 cm³/mol. The van der Waals surface area contributed by atoms with E-state index >= 15 is 0 Å². The summed E-state index contributed by atoms with van der Waals surface area (Å²) in [4.78, 5) is 25.0. The molecule has 1 heterocycles. The molecule has 1 aromatic carbocycles. The first kappa shape index (κ1) is 21.1. The van der Waals surface area contributed by atoms with Crippen molar-refractivity contribution in [3.8, 4) is 11.5 Å². The van der Waals surface area contributed by atoms with Crippen LogP contribution in [0.25, 0.3) is 6.08 Å². The topological polar surface area (TPSA) is 81.9 Å². The Balaban J connectivity index is 2.66. The SMILES string of the molecule is CCCc1c(OC)ccc(/C=C(\C(N)=O)N2C(C)=CC(=C=O)C=C2C)c1OC. The number of carbonyl (C=O) groups excluding carboxylic acids is 2. The molecule has 0 unspecified atom stereocenters. The molecule has 0 fully saturated rings. The first-order valence-electron chi connectivity index (χ1n) is 9.05. The fourth-order valence-corrected chi connectivity index (χ4v) is 3.39. The zero-order valence-electron chi connectivity index (χ0n) is 17.0. The minimum Gasteiger partial charge on any atom is -0.496 e. The van der Waals surface area contributed by atoms with Crippen LogP contribution in [0.3, 0.4) is 0 Å². The molecule has 1 aromatic rings. The summed E-state index contributed by atoms with van der Waals surface area (Å²) in [6.07, 6.45) is 6.70. The Hall–Kier alpha value is -3.24. The summed E-state index contributed by atoms with van der Waals surface area (Å²) < 4.78 is 11.1. The molecule has 0 aromatic heterocycles. The number of nitrogens with zero attached hydrogens (tertiary/aromatic N) is 1. The van der Waals surface area contributed by atoms with Gasteiger partial charge in [-0.3, -0.25) is 4.79 Å². The highest BCUT2D eigenvalue weighted by atomic mass is 16.5. The zero-order chi connectivity index (χ0) is 20.8. The summed E-state index contributed by atoms with van der Waals surface area (Å²) in [5, 5.41) is 0. The maximum absolute atomic E-state index is 12.3. The minimum absolute atomic E-state index is 0.276. The summed E-state index contributed by atoms with van der Waals surface area (Å²) in [5.41, 5.74) is 9.45. The number of primary amides is 1.